The van der Waals surface area contributed by atoms with Gasteiger partial charge in [-0.15, -0.1) is 11.3 Å². The zero-order valence-corrected chi connectivity index (χ0v) is 15.4. The van der Waals surface area contributed by atoms with Crippen molar-refractivity contribution in [2.24, 2.45) is 5.73 Å². The van der Waals surface area contributed by atoms with Gasteiger partial charge in [0.05, 0.1) is 3.79 Å². The number of nitrogens with two attached hydrogens (primary N) is 1. The van der Waals surface area contributed by atoms with Crippen LogP contribution in [0.15, 0.2) is 14.7 Å². The molecule has 2 heterocycles. The summed E-state index contributed by atoms with van der Waals surface area (Å²) in [7, 11) is -3.48. The Kier molecular flexibility index (Phi) is 6.22. The summed E-state index contributed by atoms with van der Waals surface area (Å²) in [5, 5.41) is 0. The first-order valence-corrected chi connectivity index (χ1v) is 10.3. The molecule has 5 nitrogen and oxygen atoms in total. The molecule has 1 aliphatic heterocycles. The highest BCUT2D eigenvalue weighted by Gasteiger charge is 2.23. The fourth-order valence-corrected chi connectivity index (χ4v) is 6.16. The molecule has 1 aromatic rings. The highest BCUT2D eigenvalue weighted by atomic mass is 79.9. The molecule has 3 N–H and O–H groups in total. The van der Waals surface area contributed by atoms with Crippen LogP contribution in [-0.2, 0) is 16.6 Å². The summed E-state index contributed by atoms with van der Waals surface area (Å²) in [5.41, 5.74) is 5.56. The van der Waals surface area contributed by atoms with Crippen LogP contribution in [-0.4, -0.2) is 39.0 Å². The summed E-state index contributed by atoms with van der Waals surface area (Å²) in [6.45, 7) is 4.97. The fourth-order valence-electron chi connectivity index (χ4n) is 2.48. The molecule has 1 aliphatic rings. The van der Waals surface area contributed by atoms with Crippen molar-refractivity contribution in [1.29, 1.82) is 0 Å². The molecule has 21 heavy (non-hydrogen) atoms. The largest absolute Gasteiger partial charge is 0.326 e. The van der Waals surface area contributed by atoms with E-state index in [1.54, 1.807) is 6.07 Å². The van der Waals surface area contributed by atoms with E-state index in [1.165, 1.54) is 30.6 Å². The average Bonchev–Trinajstić information content (AvgIpc) is 2.88. The number of hydrogen-bond acceptors (Lipinski definition) is 5. The van der Waals surface area contributed by atoms with Gasteiger partial charge >= 0.3 is 0 Å². The normalized spacial score (nSPS) is 18.8. The smallest absolute Gasteiger partial charge is 0.242 e. The number of halogens is 1. The number of thiophene rings is 1. The maximum atomic E-state index is 12.4. The van der Waals surface area contributed by atoms with Crippen LogP contribution in [0, 0.1) is 0 Å². The van der Waals surface area contributed by atoms with E-state index in [1.807, 2.05) is 0 Å². The van der Waals surface area contributed by atoms with Crippen LogP contribution >= 0.6 is 27.3 Å². The van der Waals surface area contributed by atoms with Gasteiger partial charge in [-0.3, -0.25) is 4.90 Å². The number of piperidine rings is 1. The molecule has 1 saturated heterocycles. The second-order valence-corrected chi connectivity index (χ2v) is 9.54. The lowest BCUT2D eigenvalue weighted by molar-refractivity contribution is 0.175. The summed E-state index contributed by atoms with van der Waals surface area (Å²) >= 11 is 4.68. The van der Waals surface area contributed by atoms with Crippen molar-refractivity contribution in [2.75, 3.05) is 19.6 Å². The molecule has 0 bridgehead atoms. The molecular formula is C13H22BrN3O2S2. The minimum Gasteiger partial charge on any atom is -0.326 e. The molecule has 0 aliphatic carbocycles. The number of nitrogens with one attached hydrogen (secondary N) is 1. The van der Waals surface area contributed by atoms with Gasteiger partial charge in [0.2, 0.25) is 10.0 Å². The van der Waals surface area contributed by atoms with Gasteiger partial charge in [-0.1, -0.05) is 6.42 Å². The number of nitrogens with zero attached hydrogens (tertiary/aromatic N) is 1. The molecule has 120 valence electrons. The summed E-state index contributed by atoms with van der Waals surface area (Å²) in [5.74, 6) is 0. The summed E-state index contributed by atoms with van der Waals surface area (Å²) in [6, 6.07) is 1.86. The third-order valence-electron chi connectivity index (χ3n) is 3.78. The first-order chi connectivity index (χ1) is 9.94. The summed E-state index contributed by atoms with van der Waals surface area (Å²) < 4.78 is 28.1. The quantitative estimate of drug-likeness (QED) is 0.773. The lowest BCUT2D eigenvalue weighted by Gasteiger charge is -2.32. The highest BCUT2D eigenvalue weighted by molar-refractivity contribution is 9.11. The fraction of sp³-hybridized carbons (Fsp3) is 0.692. The molecule has 0 spiro atoms. The standard InChI is InChI=1S/C13H22BrN3O2S2/c1-10(17-5-3-2-4-6-17)9-16-21(18,19)12-7-11(8-15)20-13(12)14/h7,10,16H,2-6,8-9,15H2,1H3. The Morgan fingerprint density at radius 3 is 2.67 bits per heavy atom. The van der Waals surface area contributed by atoms with Gasteiger partial charge in [-0.25, -0.2) is 13.1 Å². The van der Waals surface area contributed by atoms with Gasteiger partial charge in [0, 0.05) is 24.0 Å². The van der Waals surface area contributed by atoms with Crippen molar-refractivity contribution in [2.45, 2.75) is 43.7 Å². The molecule has 0 saturated carbocycles. The van der Waals surface area contributed by atoms with Gasteiger partial charge in [0.25, 0.3) is 0 Å². The van der Waals surface area contributed by atoms with Crippen LogP contribution in [0.25, 0.3) is 0 Å². The van der Waals surface area contributed by atoms with Crippen molar-refractivity contribution < 1.29 is 8.42 Å². The van der Waals surface area contributed by atoms with Crippen LogP contribution in [0.5, 0.6) is 0 Å². The molecule has 8 heteroatoms. The SMILES string of the molecule is CC(CNS(=O)(=O)c1cc(CN)sc1Br)N1CCCCC1. The van der Waals surface area contributed by atoms with E-state index < -0.39 is 10.0 Å². The van der Waals surface area contributed by atoms with Crippen molar-refractivity contribution >= 4 is 37.3 Å². The Morgan fingerprint density at radius 2 is 2.10 bits per heavy atom. The molecule has 1 aromatic heterocycles. The lowest BCUT2D eigenvalue weighted by Crippen LogP contribution is -2.44. The maximum absolute atomic E-state index is 12.4. The first-order valence-electron chi connectivity index (χ1n) is 7.16. The van der Waals surface area contributed by atoms with Gasteiger partial charge in [0.1, 0.15) is 4.90 Å². The predicted octanol–water partition coefficient (Wildman–Crippen LogP) is 2.12. The number of hydrogen-bond donors (Lipinski definition) is 2. The Balaban J connectivity index is 1.98. The predicted molar refractivity (Wildman–Crippen MR) is 90.0 cm³/mol. The van der Waals surface area contributed by atoms with E-state index in [0.717, 1.165) is 18.0 Å². The van der Waals surface area contributed by atoms with Crippen molar-refractivity contribution in [3.63, 3.8) is 0 Å². The van der Waals surface area contributed by atoms with Crippen LogP contribution < -0.4 is 10.5 Å². The molecule has 0 radical (unpaired) electrons. The molecule has 1 fully saturated rings. The summed E-state index contributed by atoms with van der Waals surface area (Å²) in [4.78, 5) is 3.49. The summed E-state index contributed by atoms with van der Waals surface area (Å²) in [6.07, 6.45) is 3.68. The third-order valence-corrected chi connectivity index (χ3v) is 7.48. The Hall–Kier alpha value is 0.01000. The van der Waals surface area contributed by atoms with Crippen molar-refractivity contribution in [3.05, 3.63) is 14.7 Å². The topological polar surface area (TPSA) is 75.4 Å². The van der Waals surface area contributed by atoms with E-state index in [9.17, 15) is 8.42 Å². The Morgan fingerprint density at radius 1 is 1.43 bits per heavy atom. The average molecular weight is 396 g/mol. The first kappa shape index (κ1) is 17.4. The minimum atomic E-state index is -3.48. The Bertz CT molecular complexity index is 568. The van der Waals surface area contributed by atoms with Gasteiger partial charge < -0.3 is 5.73 Å². The molecular weight excluding hydrogens is 374 g/mol. The van der Waals surface area contributed by atoms with Crippen LogP contribution in [0.3, 0.4) is 0 Å². The second kappa shape index (κ2) is 7.52. The molecule has 0 aromatic carbocycles. The van der Waals surface area contributed by atoms with Gasteiger partial charge in [-0.2, -0.15) is 0 Å². The molecule has 1 unspecified atom stereocenters. The molecule has 1 atom stereocenters. The Labute approximate surface area is 139 Å². The second-order valence-electron chi connectivity index (χ2n) is 5.35. The zero-order chi connectivity index (χ0) is 15.5. The third kappa shape index (κ3) is 4.49. The van der Waals surface area contributed by atoms with Crippen molar-refractivity contribution in [1.82, 2.24) is 9.62 Å². The van der Waals surface area contributed by atoms with Crippen LogP contribution in [0.2, 0.25) is 0 Å². The minimum absolute atomic E-state index is 0.214. The zero-order valence-electron chi connectivity index (χ0n) is 12.1. The highest BCUT2D eigenvalue weighted by Crippen LogP contribution is 2.31. The van der Waals surface area contributed by atoms with E-state index >= 15 is 0 Å². The van der Waals surface area contributed by atoms with Gasteiger partial charge in [-0.05, 0) is 54.9 Å². The van der Waals surface area contributed by atoms with E-state index in [2.05, 4.69) is 32.5 Å². The van der Waals surface area contributed by atoms with Crippen LogP contribution in [0.1, 0.15) is 31.1 Å². The van der Waals surface area contributed by atoms with Crippen LogP contribution in [0.4, 0.5) is 0 Å². The number of sulfonamides is 1. The lowest BCUT2D eigenvalue weighted by atomic mass is 10.1. The molecule has 0 amide bonds. The molecule has 2 rings (SSSR count). The number of likely N-dealkylation sites (tertiary alicyclic amines) is 1. The maximum Gasteiger partial charge on any atom is 0.242 e. The van der Waals surface area contributed by atoms with E-state index in [-0.39, 0.29) is 6.04 Å². The van der Waals surface area contributed by atoms with E-state index in [4.69, 9.17) is 5.73 Å². The van der Waals surface area contributed by atoms with Crippen molar-refractivity contribution in [3.8, 4) is 0 Å². The van der Waals surface area contributed by atoms with E-state index in [0.29, 0.717) is 21.8 Å². The number of rotatable bonds is 6. The van der Waals surface area contributed by atoms with Gasteiger partial charge in [0.15, 0.2) is 0 Å². The monoisotopic (exact) mass is 395 g/mol.